The van der Waals surface area contributed by atoms with Crippen LogP contribution in [0.2, 0.25) is 0 Å². The Bertz CT molecular complexity index is 477. The average molecular weight is 252 g/mol. The van der Waals surface area contributed by atoms with E-state index in [0.717, 1.165) is 17.1 Å². The highest BCUT2D eigenvalue weighted by Gasteiger charge is 2.19. The van der Waals surface area contributed by atoms with Crippen LogP contribution in [0.5, 0.6) is 0 Å². The highest BCUT2D eigenvalue weighted by atomic mass is 32.1. The summed E-state index contributed by atoms with van der Waals surface area (Å²) in [4.78, 5) is 7.24. The molecular formula is C12H16N2S2. The Kier molecular flexibility index (Phi) is 3.15. The highest BCUT2D eigenvalue weighted by molar-refractivity contribution is 7.16. The zero-order valence-electron chi connectivity index (χ0n) is 9.78. The Morgan fingerprint density at radius 1 is 1.38 bits per heavy atom. The second kappa shape index (κ2) is 4.28. The van der Waals surface area contributed by atoms with Crippen molar-refractivity contribution in [2.24, 2.45) is 5.73 Å². The van der Waals surface area contributed by atoms with Crippen molar-refractivity contribution in [1.82, 2.24) is 4.98 Å². The van der Waals surface area contributed by atoms with Gasteiger partial charge in [0.2, 0.25) is 0 Å². The van der Waals surface area contributed by atoms with E-state index in [-0.39, 0.29) is 5.54 Å². The molecule has 2 N–H and O–H groups in total. The summed E-state index contributed by atoms with van der Waals surface area (Å²) in [5, 5.41) is 3.09. The van der Waals surface area contributed by atoms with Gasteiger partial charge in [-0.05, 0) is 32.4 Å². The van der Waals surface area contributed by atoms with Gasteiger partial charge in [0.25, 0.3) is 0 Å². The molecule has 0 atom stereocenters. The van der Waals surface area contributed by atoms with Crippen LogP contribution in [-0.4, -0.2) is 4.98 Å². The van der Waals surface area contributed by atoms with E-state index in [1.54, 1.807) is 11.3 Å². The molecular weight excluding hydrogens is 236 g/mol. The molecule has 0 saturated heterocycles. The maximum absolute atomic E-state index is 6.03. The highest BCUT2D eigenvalue weighted by Crippen LogP contribution is 2.31. The van der Waals surface area contributed by atoms with Crippen molar-refractivity contribution in [2.45, 2.75) is 32.7 Å². The molecule has 0 saturated carbocycles. The lowest BCUT2D eigenvalue weighted by Gasteiger charge is -2.13. The summed E-state index contributed by atoms with van der Waals surface area (Å²) in [5.41, 5.74) is 6.75. The van der Waals surface area contributed by atoms with Gasteiger partial charge in [-0.2, -0.15) is 0 Å². The number of hydrogen-bond acceptors (Lipinski definition) is 4. The van der Waals surface area contributed by atoms with Crippen molar-refractivity contribution in [3.8, 4) is 10.6 Å². The van der Waals surface area contributed by atoms with Gasteiger partial charge in [-0.3, -0.25) is 0 Å². The van der Waals surface area contributed by atoms with E-state index in [9.17, 15) is 0 Å². The first-order valence-corrected chi connectivity index (χ1v) is 7.04. The van der Waals surface area contributed by atoms with Gasteiger partial charge in [0, 0.05) is 10.3 Å². The maximum atomic E-state index is 6.03. The Hall–Kier alpha value is -0.710. The van der Waals surface area contributed by atoms with Crippen molar-refractivity contribution in [2.75, 3.05) is 0 Å². The minimum absolute atomic E-state index is 0.340. The van der Waals surface area contributed by atoms with Crippen molar-refractivity contribution in [3.63, 3.8) is 0 Å². The van der Waals surface area contributed by atoms with Gasteiger partial charge < -0.3 is 5.73 Å². The minimum Gasteiger partial charge on any atom is -0.320 e. The number of hydrogen-bond donors (Lipinski definition) is 1. The molecule has 2 rings (SSSR count). The summed E-state index contributed by atoms with van der Waals surface area (Å²) in [5.74, 6) is 0. The molecule has 0 aliphatic carbocycles. The molecule has 0 radical (unpaired) electrons. The van der Waals surface area contributed by atoms with Gasteiger partial charge in [-0.15, -0.1) is 22.7 Å². The van der Waals surface area contributed by atoms with E-state index < -0.39 is 0 Å². The molecule has 2 heterocycles. The normalized spacial score (nSPS) is 12.0. The van der Waals surface area contributed by atoms with E-state index in [4.69, 9.17) is 5.73 Å². The van der Waals surface area contributed by atoms with Gasteiger partial charge in [0.1, 0.15) is 5.01 Å². The summed E-state index contributed by atoms with van der Waals surface area (Å²) in [6.45, 7) is 6.15. The van der Waals surface area contributed by atoms with E-state index in [1.807, 2.05) is 25.2 Å². The van der Waals surface area contributed by atoms with Crippen LogP contribution >= 0.6 is 22.7 Å². The van der Waals surface area contributed by atoms with Crippen LogP contribution in [0.4, 0.5) is 0 Å². The number of nitrogens with zero attached hydrogens (tertiary/aromatic N) is 1. The van der Waals surface area contributed by atoms with E-state index >= 15 is 0 Å². The molecule has 86 valence electrons. The minimum atomic E-state index is -0.340. The summed E-state index contributed by atoms with van der Waals surface area (Å²) in [7, 11) is 0. The molecule has 4 heteroatoms. The SMILES string of the molecule is CCc1ccc(-c2csc(C(C)(C)N)n2)s1. The molecule has 0 bridgehead atoms. The van der Waals surface area contributed by atoms with Crippen molar-refractivity contribution in [1.29, 1.82) is 0 Å². The second-order valence-electron chi connectivity index (χ2n) is 4.38. The van der Waals surface area contributed by atoms with Crippen LogP contribution in [0.1, 0.15) is 30.7 Å². The maximum Gasteiger partial charge on any atom is 0.113 e. The Morgan fingerprint density at radius 3 is 2.62 bits per heavy atom. The third kappa shape index (κ3) is 2.34. The molecule has 2 aromatic heterocycles. The third-order valence-corrected chi connectivity index (χ3v) is 4.75. The van der Waals surface area contributed by atoms with Crippen LogP contribution < -0.4 is 5.73 Å². The van der Waals surface area contributed by atoms with E-state index in [2.05, 4.69) is 29.4 Å². The first-order valence-electron chi connectivity index (χ1n) is 5.34. The molecule has 0 unspecified atom stereocenters. The average Bonchev–Trinajstić information content (AvgIpc) is 2.85. The van der Waals surface area contributed by atoms with Crippen LogP contribution in [0.15, 0.2) is 17.5 Å². The van der Waals surface area contributed by atoms with E-state index in [0.29, 0.717) is 0 Å². The lowest BCUT2D eigenvalue weighted by molar-refractivity contribution is 0.551. The van der Waals surface area contributed by atoms with Crippen LogP contribution in [-0.2, 0) is 12.0 Å². The number of thiazole rings is 1. The number of rotatable bonds is 3. The fourth-order valence-corrected chi connectivity index (χ4v) is 3.23. The van der Waals surface area contributed by atoms with Gasteiger partial charge in [0.05, 0.1) is 16.1 Å². The lowest BCUT2D eigenvalue weighted by Crippen LogP contribution is -2.28. The van der Waals surface area contributed by atoms with Crippen molar-refractivity contribution < 1.29 is 0 Å². The molecule has 2 nitrogen and oxygen atoms in total. The lowest BCUT2D eigenvalue weighted by atomic mass is 10.1. The number of aryl methyl sites for hydroxylation is 1. The topological polar surface area (TPSA) is 38.9 Å². The molecule has 2 aromatic rings. The summed E-state index contributed by atoms with van der Waals surface area (Å²) < 4.78 is 0. The third-order valence-electron chi connectivity index (χ3n) is 2.32. The molecule has 0 amide bonds. The van der Waals surface area contributed by atoms with Crippen LogP contribution in [0, 0.1) is 0 Å². The van der Waals surface area contributed by atoms with E-state index in [1.165, 1.54) is 9.75 Å². The molecule has 0 aliphatic heterocycles. The second-order valence-corrected chi connectivity index (χ2v) is 6.41. The zero-order valence-corrected chi connectivity index (χ0v) is 11.4. The molecule has 0 spiro atoms. The largest absolute Gasteiger partial charge is 0.320 e. The zero-order chi connectivity index (χ0) is 11.8. The number of nitrogens with two attached hydrogens (primary N) is 1. The fraction of sp³-hybridized carbons (Fsp3) is 0.417. The Balaban J connectivity index is 2.31. The predicted octanol–water partition coefficient (Wildman–Crippen LogP) is 3.63. The molecule has 0 aromatic carbocycles. The summed E-state index contributed by atoms with van der Waals surface area (Å²) in [6, 6.07) is 4.32. The molecule has 0 aliphatic rings. The Labute approximate surface area is 104 Å². The van der Waals surface area contributed by atoms with Crippen molar-refractivity contribution in [3.05, 3.63) is 27.4 Å². The first kappa shape index (κ1) is 11.8. The molecule has 0 fully saturated rings. The smallest absolute Gasteiger partial charge is 0.113 e. The quantitative estimate of drug-likeness (QED) is 0.906. The summed E-state index contributed by atoms with van der Waals surface area (Å²) in [6.07, 6.45) is 1.09. The van der Waals surface area contributed by atoms with Crippen LogP contribution in [0.3, 0.4) is 0 Å². The first-order chi connectivity index (χ1) is 7.50. The predicted molar refractivity (Wildman–Crippen MR) is 72.0 cm³/mol. The Morgan fingerprint density at radius 2 is 2.12 bits per heavy atom. The molecule has 16 heavy (non-hydrogen) atoms. The van der Waals surface area contributed by atoms with Crippen LogP contribution in [0.25, 0.3) is 10.6 Å². The van der Waals surface area contributed by atoms with Gasteiger partial charge in [-0.1, -0.05) is 6.92 Å². The van der Waals surface area contributed by atoms with Gasteiger partial charge in [-0.25, -0.2) is 4.98 Å². The monoisotopic (exact) mass is 252 g/mol. The van der Waals surface area contributed by atoms with Gasteiger partial charge in [0.15, 0.2) is 0 Å². The number of thiophene rings is 1. The fourth-order valence-electron chi connectivity index (χ4n) is 1.39. The van der Waals surface area contributed by atoms with Crippen molar-refractivity contribution >= 4 is 22.7 Å². The van der Waals surface area contributed by atoms with Gasteiger partial charge >= 0.3 is 0 Å². The number of aromatic nitrogens is 1. The standard InChI is InChI=1S/C12H16N2S2/c1-4-8-5-6-10(16-8)9-7-15-11(14-9)12(2,3)13/h5-7H,4,13H2,1-3H3. The summed E-state index contributed by atoms with van der Waals surface area (Å²) >= 11 is 3.45.